The average molecular weight is 412 g/mol. The Bertz CT molecular complexity index is 1140. The van der Waals surface area contributed by atoms with E-state index in [2.05, 4.69) is 44.2 Å². The molecule has 158 valence electrons. The summed E-state index contributed by atoms with van der Waals surface area (Å²) in [6.45, 7) is 4.15. The lowest BCUT2D eigenvalue weighted by Gasteiger charge is -2.27. The van der Waals surface area contributed by atoms with Crippen LogP contribution in [0.1, 0.15) is 50.2 Å². The van der Waals surface area contributed by atoms with E-state index in [0.717, 1.165) is 34.0 Å². The molecular weight excluding hydrogens is 382 g/mol. The fraction of sp³-hybridized carbons (Fsp3) is 0.286. The average Bonchev–Trinajstić information content (AvgIpc) is 2.79. The van der Waals surface area contributed by atoms with Crippen molar-refractivity contribution in [2.45, 2.75) is 51.5 Å². The van der Waals surface area contributed by atoms with Gasteiger partial charge < -0.3 is 5.11 Å². The van der Waals surface area contributed by atoms with Gasteiger partial charge >= 0.3 is 0 Å². The predicted molar refractivity (Wildman–Crippen MR) is 128 cm³/mol. The molecule has 0 saturated heterocycles. The summed E-state index contributed by atoms with van der Waals surface area (Å²) < 4.78 is 0. The van der Waals surface area contributed by atoms with Crippen LogP contribution >= 0.6 is 0 Å². The van der Waals surface area contributed by atoms with Crippen molar-refractivity contribution in [3.05, 3.63) is 95.3 Å². The lowest BCUT2D eigenvalue weighted by atomic mass is 9.78. The molecule has 3 nitrogen and oxygen atoms in total. The molecule has 4 rings (SSSR count). The van der Waals surface area contributed by atoms with E-state index >= 15 is 0 Å². The summed E-state index contributed by atoms with van der Waals surface area (Å²) in [4.78, 5) is 18.1. The van der Waals surface area contributed by atoms with Crippen LogP contribution in [-0.4, -0.2) is 22.6 Å². The molecule has 1 saturated carbocycles. The maximum absolute atomic E-state index is 13.3. The van der Waals surface area contributed by atoms with Crippen LogP contribution in [-0.2, 0) is 11.2 Å². The van der Waals surface area contributed by atoms with E-state index in [-0.39, 0.29) is 23.5 Å². The summed E-state index contributed by atoms with van der Waals surface area (Å²) in [6.07, 6.45) is 2.30. The Morgan fingerprint density at radius 1 is 1.00 bits per heavy atom. The molecule has 1 aliphatic rings. The third kappa shape index (κ3) is 4.61. The van der Waals surface area contributed by atoms with Crippen molar-refractivity contribution in [3.8, 4) is 0 Å². The lowest BCUT2D eigenvalue weighted by molar-refractivity contribution is -0.115. The van der Waals surface area contributed by atoms with Crippen molar-refractivity contribution in [2.24, 2.45) is 4.99 Å². The molecule has 0 amide bonds. The van der Waals surface area contributed by atoms with Crippen LogP contribution in [0.2, 0.25) is 0 Å². The monoisotopic (exact) mass is 411 g/mol. The highest BCUT2D eigenvalue weighted by Gasteiger charge is 2.32. The number of aliphatic imine (C=N–C) groups is 1. The largest absolute Gasteiger partial charge is 0.511 e. The highest BCUT2D eigenvalue weighted by Crippen LogP contribution is 2.34. The molecule has 0 aromatic heterocycles. The zero-order valence-electron chi connectivity index (χ0n) is 18.2. The number of aliphatic hydroxyl groups is 1. The van der Waals surface area contributed by atoms with Crippen LogP contribution in [0.15, 0.2) is 89.1 Å². The number of allylic oxidation sites excluding steroid dienone is 2. The maximum Gasteiger partial charge on any atom is 0.168 e. The zero-order chi connectivity index (χ0) is 21.8. The fourth-order valence-corrected chi connectivity index (χ4v) is 4.37. The Balaban J connectivity index is 1.72. The van der Waals surface area contributed by atoms with Gasteiger partial charge in [0, 0.05) is 24.6 Å². The number of benzene rings is 3. The highest BCUT2D eigenvalue weighted by atomic mass is 16.3. The van der Waals surface area contributed by atoms with E-state index in [9.17, 15) is 9.90 Å². The number of nitrogens with zero attached hydrogens (tertiary/aromatic N) is 1. The molecule has 31 heavy (non-hydrogen) atoms. The number of Topliss-reactive ketones (excluding diaryl/α,β-unsaturated/α-hetero) is 1. The van der Waals surface area contributed by atoms with E-state index in [1.165, 1.54) is 0 Å². The fourth-order valence-electron chi connectivity index (χ4n) is 4.37. The van der Waals surface area contributed by atoms with Gasteiger partial charge in [-0.25, -0.2) is 0 Å². The van der Waals surface area contributed by atoms with Crippen LogP contribution < -0.4 is 0 Å². The summed E-state index contributed by atoms with van der Waals surface area (Å²) in [6, 6.07) is 24.5. The first kappa shape index (κ1) is 21.0. The number of aliphatic hydroxyl groups excluding tert-OH is 1. The van der Waals surface area contributed by atoms with Gasteiger partial charge in [-0.1, -0.05) is 79.7 Å². The summed E-state index contributed by atoms with van der Waals surface area (Å²) in [5.74, 6) is 0.223. The SMILES string of the molecule is CCC(C)N=C1CC(c2ccccc2)CC(=O)/C1=C(/O)Cc1cccc2ccccc12. The number of hydrogen-bond donors (Lipinski definition) is 1. The number of fused-ring (bicyclic) bond motifs is 1. The summed E-state index contributed by atoms with van der Waals surface area (Å²) in [5, 5.41) is 13.4. The van der Waals surface area contributed by atoms with Crippen molar-refractivity contribution in [2.75, 3.05) is 0 Å². The molecular formula is C28H29NO2. The first-order valence-electron chi connectivity index (χ1n) is 11.1. The van der Waals surface area contributed by atoms with E-state index in [0.29, 0.717) is 24.8 Å². The van der Waals surface area contributed by atoms with Crippen molar-refractivity contribution < 1.29 is 9.90 Å². The van der Waals surface area contributed by atoms with Crippen molar-refractivity contribution in [1.82, 2.24) is 0 Å². The Hall–Kier alpha value is -3.20. The third-order valence-corrected chi connectivity index (χ3v) is 6.20. The molecule has 1 aliphatic carbocycles. The molecule has 0 heterocycles. The zero-order valence-corrected chi connectivity index (χ0v) is 18.2. The first-order chi connectivity index (χ1) is 15.1. The summed E-state index contributed by atoms with van der Waals surface area (Å²) in [7, 11) is 0. The number of rotatable bonds is 5. The van der Waals surface area contributed by atoms with E-state index in [1.807, 2.05) is 42.5 Å². The van der Waals surface area contributed by atoms with Crippen molar-refractivity contribution in [1.29, 1.82) is 0 Å². The van der Waals surface area contributed by atoms with E-state index in [1.54, 1.807) is 0 Å². The smallest absolute Gasteiger partial charge is 0.168 e. The second-order valence-electron chi connectivity index (χ2n) is 8.41. The molecule has 3 heteroatoms. The number of carbonyl (C=O) groups is 1. The quantitative estimate of drug-likeness (QED) is 0.381. The topological polar surface area (TPSA) is 49.7 Å². The van der Waals surface area contributed by atoms with Gasteiger partial charge in [-0.05, 0) is 47.6 Å². The molecule has 1 N–H and O–H groups in total. The molecule has 0 spiro atoms. The highest BCUT2D eigenvalue weighted by molar-refractivity contribution is 6.25. The van der Waals surface area contributed by atoms with Gasteiger partial charge in [0.25, 0.3) is 0 Å². The Morgan fingerprint density at radius 2 is 1.71 bits per heavy atom. The second kappa shape index (κ2) is 9.30. The van der Waals surface area contributed by atoms with Crippen LogP contribution in [0.3, 0.4) is 0 Å². The first-order valence-corrected chi connectivity index (χ1v) is 11.1. The van der Waals surface area contributed by atoms with Gasteiger partial charge in [-0.15, -0.1) is 0 Å². The molecule has 3 aromatic carbocycles. The van der Waals surface area contributed by atoms with Gasteiger partial charge in [0.15, 0.2) is 5.78 Å². The number of ketones is 1. The molecule has 2 atom stereocenters. The normalized spacial score (nSPS) is 20.8. The lowest BCUT2D eigenvalue weighted by Crippen LogP contribution is -2.28. The molecule has 1 fully saturated rings. The molecule has 0 aliphatic heterocycles. The summed E-state index contributed by atoms with van der Waals surface area (Å²) >= 11 is 0. The third-order valence-electron chi connectivity index (χ3n) is 6.20. The number of carbonyl (C=O) groups excluding carboxylic acids is 1. The molecule has 2 unspecified atom stereocenters. The van der Waals surface area contributed by atoms with Gasteiger partial charge in [0.2, 0.25) is 0 Å². The standard InChI is InChI=1S/C28H29NO2/c1-3-19(2)29-25-16-23(20-10-5-4-6-11-20)18-27(31)28(25)26(30)17-22-14-9-13-21-12-7-8-15-24(21)22/h4-15,19,23,30H,3,16-18H2,1-2H3/b28-26+,29-25?. The van der Waals surface area contributed by atoms with Gasteiger partial charge in [-0.3, -0.25) is 9.79 Å². The summed E-state index contributed by atoms with van der Waals surface area (Å²) in [5.41, 5.74) is 3.35. The minimum Gasteiger partial charge on any atom is -0.511 e. The molecule has 0 bridgehead atoms. The molecule has 3 aromatic rings. The minimum absolute atomic E-state index is 0.0140. The Labute approximate surface area is 184 Å². The van der Waals surface area contributed by atoms with Gasteiger partial charge in [0.05, 0.1) is 5.57 Å². The molecule has 0 radical (unpaired) electrons. The van der Waals surface area contributed by atoms with E-state index in [4.69, 9.17) is 4.99 Å². The Morgan fingerprint density at radius 3 is 2.48 bits per heavy atom. The minimum atomic E-state index is -0.0140. The van der Waals surface area contributed by atoms with Crippen LogP contribution in [0, 0.1) is 0 Å². The van der Waals surface area contributed by atoms with Crippen molar-refractivity contribution in [3.63, 3.8) is 0 Å². The Kier molecular flexibility index (Phi) is 6.31. The van der Waals surface area contributed by atoms with Crippen LogP contribution in [0.5, 0.6) is 0 Å². The van der Waals surface area contributed by atoms with Crippen molar-refractivity contribution >= 4 is 22.3 Å². The van der Waals surface area contributed by atoms with Crippen LogP contribution in [0.25, 0.3) is 10.8 Å². The second-order valence-corrected chi connectivity index (χ2v) is 8.41. The van der Waals surface area contributed by atoms with Gasteiger partial charge in [0.1, 0.15) is 5.76 Å². The maximum atomic E-state index is 13.3. The van der Waals surface area contributed by atoms with Gasteiger partial charge in [-0.2, -0.15) is 0 Å². The van der Waals surface area contributed by atoms with E-state index < -0.39 is 0 Å². The number of hydrogen-bond acceptors (Lipinski definition) is 3. The predicted octanol–water partition coefficient (Wildman–Crippen LogP) is 6.58. The van der Waals surface area contributed by atoms with Crippen LogP contribution in [0.4, 0.5) is 0 Å².